The molecule has 5 rings (SSSR count). The first kappa shape index (κ1) is 21.4. The summed E-state index contributed by atoms with van der Waals surface area (Å²) < 4.78 is 5.44. The van der Waals surface area contributed by atoms with Crippen molar-refractivity contribution in [2.45, 2.75) is 44.4 Å². The molecule has 0 spiro atoms. The molecule has 1 fully saturated rings. The lowest BCUT2D eigenvalue weighted by molar-refractivity contribution is 0.0493. The summed E-state index contributed by atoms with van der Waals surface area (Å²) in [4.78, 5) is 17.2. The number of ether oxygens (including phenoxy) is 1. The van der Waals surface area contributed by atoms with Gasteiger partial charge in [-0.2, -0.15) is 0 Å². The van der Waals surface area contributed by atoms with Gasteiger partial charge in [0, 0.05) is 63.2 Å². The standard InChI is InChI=1S/C26H33N3O3/c30-24(17-28-11-7-19-3-1-2-4-21(19)16-28)18-29-12-8-20-15-23(5-6-25(20)26(29)31)27-22-9-13-32-14-10-22/h1-6,15,22,24,27,30H,7-14,16-18H2. The van der Waals surface area contributed by atoms with Crippen molar-refractivity contribution in [2.24, 2.45) is 0 Å². The van der Waals surface area contributed by atoms with E-state index in [1.54, 1.807) is 0 Å². The van der Waals surface area contributed by atoms with E-state index in [2.05, 4.69) is 40.5 Å². The third kappa shape index (κ3) is 4.82. The minimum Gasteiger partial charge on any atom is -0.390 e. The molecule has 32 heavy (non-hydrogen) atoms. The number of nitrogens with zero attached hydrogens (tertiary/aromatic N) is 2. The number of aliphatic hydroxyl groups excluding tert-OH is 1. The minimum atomic E-state index is -0.541. The Labute approximate surface area is 190 Å². The van der Waals surface area contributed by atoms with Crippen LogP contribution >= 0.6 is 0 Å². The Hall–Kier alpha value is -2.41. The minimum absolute atomic E-state index is 0.0342. The summed E-state index contributed by atoms with van der Waals surface area (Å²) in [6.07, 6.45) is 3.34. The maximum Gasteiger partial charge on any atom is 0.254 e. The molecule has 0 saturated carbocycles. The van der Waals surface area contributed by atoms with E-state index in [-0.39, 0.29) is 5.91 Å². The highest BCUT2D eigenvalue weighted by molar-refractivity contribution is 5.97. The SMILES string of the molecule is O=C1c2ccc(NC3CCOCC3)cc2CCN1CC(O)CN1CCc2ccccc2C1. The molecule has 0 aromatic heterocycles. The predicted molar refractivity (Wildman–Crippen MR) is 125 cm³/mol. The molecule has 3 aliphatic rings. The van der Waals surface area contributed by atoms with Gasteiger partial charge in [-0.3, -0.25) is 9.69 Å². The topological polar surface area (TPSA) is 65.0 Å². The third-order valence-electron chi connectivity index (χ3n) is 6.98. The smallest absolute Gasteiger partial charge is 0.254 e. The van der Waals surface area contributed by atoms with E-state index in [0.717, 1.165) is 68.8 Å². The zero-order chi connectivity index (χ0) is 21.9. The number of hydrogen-bond donors (Lipinski definition) is 2. The van der Waals surface area contributed by atoms with Gasteiger partial charge in [-0.25, -0.2) is 0 Å². The molecular formula is C26H33N3O3. The molecule has 1 unspecified atom stereocenters. The van der Waals surface area contributed by atoms with Gasteiger partial charge in [-0.05, 0) is 60.6 Å². The van der Waals surface area contributed by atoms with Crippen molar-refractivity contribution >= 4 is 11.6 Å². The monoisotopic (exact) mass is 435 g/mol. The number of rotatable bonds is 6. The van der Waals surface area contributed by atoms with Crippen LogP contribution in [0.2, 0.25) is 0 Å². The number of aliphatic hydroxyl groups is 1. The lowest BCUT2D eigenvalue weighted by atomic mass is 9.97. The fourth-order valence-corrected chi connectivity index (χ4v) is 5.20. The fourth-order valence-electron chi connectivity index (χ4n) is 5.20. The van der Waals surface area contributed by atoms with Gasteiger partial charge in [-0.15, -0.1) is 0 Å². The molecule has 2 aromatic carbocycles. The molecule has 1 amide bonds. The molecule has 2 aromatic rings. The second kappa shape index (κ2) is 9.61. The van der Waals surface area contributed by atoms with Gasteiger partial charge in [0.05, 0.1) is 6.10 Å². The number of carbonyl (C=O) groups excluding carboxylic acids is 1. The number of fused-ring (bicyclic) bond motifs is 2. The summed E-state index contributed by atoms with van der Waals surface area (Å²) in [7, 11) is 0. The second-order valence-electron chi connectivity index (χ2n) is 9.31. The maximum absolute atomic E-state index is 13.1. The van der Waals surface area contributed by atoms with Crippen LogP contribution in [-0.2, 0) is 24.1 Å². The van der Waals surface area contributed by atoms with Gasteiger partial charge in [0.25, 0.3) is 5.91 Å². The number of β-amino-alcohol motifs (C(OH)–C–C–N with tert-alkyl or cyclic N) is 1. The highest BCUT2D eigenvalue weighted by Crippen LogP contribution is 2.25. The van der Waals surface area contributed by atoms with E-state index < -0.39 is 6.10 Å². The van der Waals surface area contributed by atoms with Crippen LogP contribution in [0.25, 0.3) is 0 Å². The van der Waals surface area contributed by atoms with E-state index in [1.807, 2.05) is 17.0 Å². The molecule has 0 bridgehead atoms. The lowest BCUT2D eigenvalue weighted by Crippen LogP contribution is -2.46. The zero-order valence-electron chi connectivity index (χ0n) is 18.6. The van der Waals surface area contributed by atoms with Gasteiger partial charge >= 0.3 is 0 Å². The molecule has 1 atom stereocenters. The summed E-state index contributed by atoms with van der Waals surface area (Å²) in [6, 6.07) is 15.1. The Bertz CT molecular complexity index is 957. The molecule has 0 aliphatic carbocycles. The normalized spacial score (nSPS) is 20.5. The summed E-state index contributed by atoms with van der Waals surface area (Å²) >= 11 is 0. The van der Waals surface area contributed by atoms with Crippen LogP contribution in [0.15, 0.2) is 42.5 Å². The van der Waals surface area contributed by atoms with Crippen LogP contribution in [0.4, 0.5) is 5.69 Å². The van der Waals surface area contributed by atoms with Crippen molar-refractivity contribution in [3.8, 4) is 0 Å². The highest BCUT2D eigenvalue weighted by atomic mass is 16.5. The molecule has 3 heterocycles. The van der Waals surface area contributed by atoms with Gasteiger partial charge in [0.1, 0.15) is 0 Å². The first-order valence-corrected chi connectivity index (χ1v) is 11.9. The molecule has 3 aliphatic heterocycles. The average Bonchev–Trinajstić information content (AvgIpc) is 2.81. The van der Waals surface area contributed by atoms with Crippen molar-refractivity contribution < 1.29 is 14.6 Å². The number of nitrogens with one attached hydrogen (secondary N) is 1. The quantitative estimate of drug-likeness (QED) is 0.731. The van der Waals surface area contributed by atoms with Crippen molar-refractivity contribution in [3.05, 3.63) is 64.7 Å². The van der Waals surface area contributed by atoms with Crippen LogP contribution in [0.1, 0.15) is 39.9 Å². The average molecular weight is 436 g/mol. The molecule has 0 radical (unpaired) electrons. The third-order valence-corrected chi connectivity index (χ3v) is 6.98. The number of benzene rings is 2. The number of anilines is 1. The highest BCUT2D eigenvalue weighted by Gasteiger charge is 2.27. The van der Waals surface area contributed by atoms with Gasteiger partial charge in [0.15, 0.2) is 0 Å². The molecule has 6 nitrogen and oxygen atoms in total. The van der Waals surface area contributed by atoms with Crippen molar-refractivity contribution in [1.82, 2.24) is 9.80 Å². The Balaban J connectivity index is 1.16. The number of carbonyl (C=O) groups is 1. The van der Waals surface area contributed by atoms with Crippen LogP contribution in [0.5, 0.6) is 0 Å². The zero-order valence-corrected chi connectivity index (χ0v) is 18.6. The lowest BCUT2D eigenvalue weighted by Gasteiger charge is -2.34. The summed E-state index contributed by atoms with van der Waals surface area (Å²) in [5.41, 5.74) is 5.71. The predicted octanol–water partition coefficient (Wildman–Crippen LogP) is 2.70. The Morgan fingerprint density at radius 2 is 1.78 bits per heavy atom. The Morgan fingerprint density at radius 1 is 1.00 bits per heavy atom. The fraction of sp³-hybridized carbons (Fsp3) is 0.500. The molecule has 6 heteroatoms. The summed E-state index contributed by atoms with van der Waals surface area (Å²) in [6.45, 7) is 5.08. The van der Waals surface area contributed by atoms with E-state index in [9.17, 15) is 9.90 Å². The van der Waals surface area contributed by atoms with Crippen LogP contribution < -0.4 is 5.32 Å². The van der Waals surface area contributed by atoms with E-state index in [0.29, 0.717) is 25.7 Å². The molecule has 170 valence electrons. The first-order valence-electron chi connectivity index (χ1n) is 11.9. The van der Waals surface area contributed by atoms with Gasteiger partial charge in [-0.1, -0.05) is 24.3 Å². The molecular weight excluding hydrogens is 402 g/mol. The van der Waals surface area contributed by atoms with Crippen molar-refractivity contribution in [1.29, 1.82) is 0 Å². The maximum atomic E-state index is 13.1. The Kier molecular flexibility index (Phi) is 6.44. The Morgan fingerprint density at radius 3 is 2.62 bits per heavy atom. The first-order chi connectivity index (χ1) is 15.7. The summed E-state index contributed by atoms with van der Waals surface area (Å²) in [5.74, 6) is 0.0342. The van der Waals surface area contributed by atoms with E-state index >= 15 is 0 Å². The van der Waals surface area contributed by atoms with Crippen LogP contribution in [0, 0.1) is 0 Å². The van der Waals surface area contributed by atoms with Crippen molar-refractivity contribution in [3.63, 3.8) is 0 Å². The van der Waals surface area contributed by atoms with Gasteiger partial charge in [0.2, 0.25) is 0 Å². The number of hydrogen-bond acceptors (Lipinski definition) is 5. The molecule has 1 saturated heterocycles. The molecule has 2 N–H and O–H groups in total. The second-order valence-corrected chi connectivity index (χ2v) is 9.31. The summed E-state index contributed by atoms with van der Waals surface area (Å²) in [5, 5.41) is 14.3. The van der Waals surface area contributed by atoms with Crippen LogP contribution in [0.3, 0.4) is 0 Å². The largest absolute Gasteiger partial charge is 0.390 e. The van der Waals surface area contributed by atoms with Crippen molar-refractivity contribution in [2.75, 3.05) is 44.7 Å². The van der Waals surface area contributed by atoms with Gasteiger partial charge < -0.3 is 20.1 Å². The van der Waals surface area contributed by atoms with E-state index in [4.69, 9.17) is 4.74 Å². The van der Waals surface area contributed by atoms with Crippen LogP contribution in [-0.4, -0.2) is 72.4 Å². The number of amides is 1. The van der Waals surface area contributed by atoms with E-state index in [1.165, 1.54) is 11.1 Å².